The molecule has 2 atom stereocenters. The maximum Gasteiger partial charge on any atom is 0.325 e. The minimum atomic E-state index is -1.14. The number of urea groups is 1. The lowest BCUT2D eigenvalue weighted by atomic mass is 9.99. The summed E-state index contributed by atoms with van der Waals surface area (Å²) in [6.07, 6.45) is 1.31. The quantitative estimate of drug-likeness (QED) is 0.763. The van der Waals surface area contributed by atoms with Crippen LogP contribution in [0.3, 0.4) is 0 Å². The summed E-state index contributed by atoms with van der Waals surface area (Å²) < 4.78 is 10.8. The SMILES string of the molecule is CC1(c2ccco2)NC(=O)N(CC2CNCCO2)C1=O. The smallest absolute Gasteiger partial charge is 0.325 e. The van der Waals surface area contributed by atoms with Gasteiger partial charge in [-0.15, -0.1) is 0 Å². The van der Waals surface area contributed by atoms with Gasteiger partial charge in [-0.25, -0.2) is 4.79 Å². The molecule has 1 aromatic heterocycles. The second-order valence-electron chi connectivity index (χ2n) is 5.15. The highest BCUT2D eigenvalue weighted by Gasteiger charge is 2.51. The summed E-state index contributed by atoms with van der Waals surface area (Å²) in [6, 6.07) is 2.96. The Balaban J connectivity index is 1.76. The van der Waals surface area contributed by atoms with Gasteiger partial charge in [0.25, 0.3) is 5.91 Å². The molecule has 2 aliphatic heterocycles. The van der Waals surface area contributed by atoms with E-state index in [9.17, 15) is 9.59 Å². The van der Waals surface area contributed by atoms with Crippen LogP contribution in [0.15, 0.2) is 22.8 Å². The van der Waals surface area contributed by atoms with Crippen LogP contribution in [0, 0.1) is 0 Å². The summed E-state index contributed by atoms with van der Waals surface area (Å²) in [5, 5.41) is 5.86. The Hall–Kier alpha value is -1.86. The van der Waals surface area contributed by atoms with E-state index in [1.807, 2.05) is 0 Å². The van der Waals surface area contributed by atoms with E-state index in [1.165, 1.54) is 11.2 Å². The molecule has 108 valence electrons. The molecule has 3 heterocycles. The third-order valence-electron chi connectivity index (χ3n) is 3.68. The van der Waals surface area contributed by atoms with Gasteiger partial charge in [-0.05, 0) is 19.1 Å². The molecule has 2 saturated heterocycles. The van der Waals surface area contributed by atoms with E-state index in [1.54, 1.807) is 19.1 Å². The number of nitrogens with one attached hydrogen (secondary N) is 2. The van der Waals surface area contributed by atoms with Gasteiger partial charge in [-0.3, -0.25) is 9.69 Å². The summed E-state index contributed by atoms with van der Waals surface area (Å²) in [6.45, 7) is 3.90. The molecule has 20 heavy (non-hydrogen) atoms. The maximum absolute atomic E-state index is 12.5. The van der Waals surface area contributed by atoms with Crippen molar-refractivity contribution in [2.75, 3.05) is 26.2 Å². The monoisotopic (exact) mass is 279 g/mol. The third kappa shape index (κ3) is 2.08. The van der Waals surface area contributed by atoms with E-state index in [-0.39, 0.29) is 18.6 Å². The number of imide groups is 1. The molecule has 2 fully saturated rings. The summed E-state index contributed by atoms with van der Waals surface area (Å²) in [5.74, 6) is 0.118. The topological polar surface area (TPSA) is 83.8 Å². The lowest BCUT2D eigenvalue weighted by molar-refractivity contribution is -0.133. The first-order valence-corrected chi connectivity index (χ1v) is 6.61. The van der Waals surface area contributed by atoms with Crippen LogP contribution in [-0.4, -0.2) is 49.2 Å². The first kappa shape index (κ1) is 13.1. The second-order valence-corrected chi connectivity index (χ2v) is 5.15. The fourth-order valence-corrected chi connectivity index (χ4v) is 2.53. The number of nitrogens with zero attached hydrogens (tertiary/aromatic N) is 1. The minimum absolute atomic E-state index is 0.169. The van der Waals surface area contributed by atoms with Crippen LogP contribution >= 0.6 is 0 Å². The van der Waals surface area contributed by atoms with E-state index < -0.39 is 11.6 Å². The standard InChI is InChI=1S/C13H17N3O4/c1-13(10-3-2-5-20-10)11(17)16(12(18)15-13)8-9-7-14-4-6-19-9/h2-3,5,9,14H,4,6-8H2,1H3,(H,15,18). The van der Waals surface area contributed by atoms with E-state index in [0.717, 1.165) is 6.54 Å². The predicted octanol–water partition coefficient (Wildman–Crippen LogP) is 0.0350. The highest BCUT2D eigenvalue weighted by Crippen LogP contribution is 2.29. The van der Waals surface area contributed by atoms with Gasteiger partial charge in [-0.1, -0.05) is 0 Å². The van der Waals surface area contributed by atoms with Crippen LogP contribution < -0.4 is 10.6 Å². The molecule has 0 aliphatic carbocycles. The van der Waals surface area contributed by atoms with Crippen molar-refractivity contribution in [1.29, 1.82) is 0 Å². The molecule has 1 aromatic rings. The molecule has 0 bridgehead atoms. The molecule has 0 saturated carbocycles. The van der Waals surface area contributed by atoms with E-state index >= 15 is 0 Å². The van der Waals surface area contributed by atoms with E-state index in [4.69, 9.17) is 9.15 Å². The molecular formula is C13H17N3O4. The Labute approximate surface area is 116 Å². The molecule has 7 heteroatoms. The van der Waals surface area contributed by atoms with Gasteiger partial charge in [0, 0.05) is 13.1 Å². The zero-order chi connectivity index (χ0) is 14.2. The Morgan fingerprint density at radius 3 is 3.00 bits per heavy atom. The van der Waals surface area contributed by atoms with Crippen molar-refractivity contribution < 1.29 is 18.7 Å². The normalized spacial score (nSPS) is 30.6. The Bertz CT molecular complexity index is 510. The summed E-state index contributed by atoms with van der Waals surface area (Å²) >= 11 is 0. The highest BCUT2D eigenvalue weighted by molar-refractivity contribution is 6.06. The second kappa shape index (κ2) is 4.92. The lowest BCUT2D eigenvalue weighted by Gasteiger charge is -2.27. The molecular weight excluding hydrogens is 262 g/mol. The van der Waals surface area contributed by atoms with Crippen molar-refractivity contribution in [3.05, 3.63) is 24.2 Å². The first-order valence-electron chi connectivity index (χ1n) is 6.61. The molecule has 7 nitrogen and oxygen atoms in total. The number of carbonyl (C=O) groups excluding carboxylic acids is 2. The number of hydrogen-bond donors (Lipinski definition) is 2. The molecule has 2 unspecified atom stereocenters. The summed E-state index contributed by atoms with van der Waals surface area (Å²) in [5.41, 5.74) is -1.14. The largest absolute Gasteiger partial charge is 0.466 e. The van der Waals surface area contributed by atoms with Crippen LogP contribution in [0.5, 0.6) is 0 Å². The Morgan fingerprint density at radius 1 is 1.50 bits per heavy atom. The number of ether oxygens (including phenoxy) is 1. The Morgan fingerprint density at radius 2 is 2.35 bits per heavy atom. The molecule has 0 aromatic carbocycles. The van der Waals surface area contributed by atoms with Gasteiger partial charge < -0.3 is 19.8 Å². The lowest BCUT2D eigenvalue weighted by Crippen LogP contribution is -2.47. The zero-order valence-corrected chi connectivity index (χ0v) is 11.2. The first-order chi connectivity index (χ1) is 9.61. The number of carbonyl (C=O) groups is 2. The Kier molecular flexibility index (Phi) is 3.23. The molecule has 2 aliphatic rings. The fraction of sp³-hybridized carbons (Fsp3) is 0.538. The van der Waals surface area contributed by atoms with Gasteiger partial charge >= 0.3 is 6.03 Å². The number of morpholine rings is 1. The third-order valence-corrected chi connectivity index (χ3v) is 3.68. The molecule has 2 N–H and O–H groups in total. The average molecular weight is 279 g/mol. The number of hydrogen-bond acceptors (Lipinski definition) is 5. The number of rotatable bonds is 3. The van der Waals surface area contributed by atoms with Crippen LogP contribution in [0.4, 0.5) is 4.79 Å². The van der Waals surface area contributed by atoms with Crippen molar-refractivity contribution in [2.45, 2.75) is 18.6 Å². The molecule has 3 rings (SSSR count). The zero-order valence-electron chi connectivity index (χ0n) is 11.2. The maximum atomic E-state index is 12.5. The highest BCUT2D eigenvalue weighted by atomic mass is 16.5. The van der Waals surface area contributed by atoms with E-state index in [2.05, 4.69) is 10.6 Å². The van der Waals surface area contributed by atoms with Crippen molar-refractivity contribution in [1.82, 2.24) is 15.5 Å². The summed E-state index contributed by atoms with van der Waals surface area (Å²) in [7, 11) is 0. The van der Waals surface area contributed by atoms with Crippen LogP contribution in [0.25, 0.3) is 0 Å². The van der Waals surface area contributed by atoms with Crippen LogP contribution in [-0.2, 0) is 15.1 Å². The van der Waals surface area contributed by atoms with E-state index in [0.29, 0.717) is 18.9 Å². The number of amides is 3. The van der Waals surface area contributed by atoms with Gasteiger partial charge in [0.15, 0.2) is 5.54 Å². The molecule has 3 amide bonds. The fourth-order valence-electron chi connectivity index (χ4n) is 2.53. The van der Waals surface area contributed by atoms with Gasteiger partial charge in [0.2, 0.25) is 0 Å². The summed E-state index contributed by atoms with van der Waals surface area (Å²) in [4.78, 5) is 25.8. The van der Waals surface area contributed by atoms with Crippen molar-refractivity contribution in [2.24, 2.45) is 0 Å². The van der Waals surface area contributed by atoms with Crippen molar-refractivity contribution in [3.63, 3.8) is 0 Å². The number of furan rings is 1. The predicted molar refractivity (Wildman–Crippen MR) is 68.9 cm³/mol. The van der Waals surface area contributed by atoms with Crippen LogP contribution in [0.2, 0.25) is 0 Å². The average Bonchev–Trinajstić information content (AvgIpc) is 3.05. The van der Waals surface area contributed by atoms with Gasteiger partial charge in [0.05, 0.1) is 25.5 Å². The minimum Gasteiger partial charge on any atom is -0.466 e. The van der Waals surface area contributed by atoms with Crippen LogP contribution in [0.1, 0.15) is 12.7 Å². The van der Waals surface area contributed by atoms with Crippen molar-refractivity contribution >= 4 is 11.9 Å². The molecule has 0 radical (unpaired) electrons. The molecule has 0 spiro atoms. The van der Waals surface area contributed by atoms with Gasteiger partial charge in [0.1, 0.15) is 5.76 Å². The van der Waals surface area contributed by atoms with Crippen molar-refractivity contribution in [3.8, 4) is 0 Å². The van der Waals surface area contributed by atoms with Gasteiger partial charge in [-0.2, -0.15) is 0 Å².